The molecule has 9 N–H and O–H groups in total. The first kappa shape index (κ1) is 73.1. The Kier molecular flexibility index (Phi) is 46.7. The number of rotatable bonds is 52. The third kappa shape index (κ3) is 35.6. The lowest BCUT2D eigenvalue weighted by molar-refractivity contribution is -0.359. The van der Waals surface area contributed by atoms with E-state index in [1.54, 1.807) is 6.08 Å². The molecule has 12 unspecified atom stereocenters. The minimum Gasteiger partial charge on any atom is -0.394 e. The van der Waals surface area contributed by atoms with Crippen LogP contribution in [0.3, 0.4) is 0 Å². The van der Waals surface area contributed by atoms with Crippen LogP contribution in [0, 0.1) is 0 Å². The number of carbonyl (C=O) groups excluding carboxylic acids is 1. The van der Waals surface area contributed by atoms with E-state index in [1.807, 2.05) is 6.08 Å². The summed E-state index contributed by atoms with van der Waals surface area (Å²) < 4.78 is 22.8. The molecular weight excluding hydrogens is 1000 g/mol. The van der Waals surface area contributed by atoms with Crippen molar-refractivity contribution >= 4 is 5.91 Å². The van der Waals surface area contributed by atoms with Crippen molar-refractivity contribution in [3.05, 3.63) is 48.6 Å². The molecule has 1 amide bonds. The molecule has 0 aromatic carbocycles. The Morgan fingerprint density at radius 2 is 0.835 bits per heavy atom. The van der Waals surface area contributed by atoms with Gasteiger partial charge in [-0.15, -0.1) is 0 Å². The van der Waals surface area contributed by atoms with Crippen molar-refractivity contribution in [1.82, 2.24) is 5.32 Å². The van der Waals surface area contributed by atoms with E-state index in [2.05, 4.69) is 55.6 Å². The molecule has 2 heterocycles. The van der Waals surface area contributed by atoms with Crippen LogP contribution in [0.15, 0.2) is 48.6 Å². The highest BCUT2D eigenvalue weighted by Gasteiger charge is 2.51. The summed E-state index contributed by atoms with van der Waals surface area (Å²) in [5.41, 5.74) is 0. The van der Waals surface area contributed by atoms with Gasteiger partial charge in [-0.05, 0) is 57.8 Å². The predicted molar refractivity (Wildman–Crippen MR) is 318 cm³/mol. The normalized spacial score (nSPS) is 24.7. The monoisotopic (exact) mass is 1120 g/mol. The van der Waals surface area contributed by atoms with Gasteiger partial charge in [0.25, 0.3) is 0 Å². The first-order chi connectivity index (χ1) is 38.6. The van der Waals surface area contributed by atoms with Gasteiger partial charge in [0.2, 0.25) is 5.91 Å². The van der Waals surface area contributed by atoms with E-state index in [-0.39, 0.29) is 18.9 Å². The van der Waals surface area contributed by atoms with E-state index in [9.17, 15) is 45.6 Å². The van der Waals surface area contributed by atoms with E-state index < -0.39 is 86.8 Å². The maximum Gasteiger partial charge on any atom is 0.220 e. The third-order valence-corrected chi connectivity index (χ3v) is 15.8. The van der Waals surface area contributed by atoms with Crippen LogP contribution in [0.5, 0.6) is 0 Å². The van der Waals surface area contributed by atoms with Gasteiger partial charge in [-0.3, -0.25) is 4.79 Å². The summed E-state index contributed by atoms with van der Waals surface area (Å²) in [6.45, 7) is 2.80. The van der Waals surface area contributed by atoms with Crippen LogP contribution in [-0.2, 0) is 23.7 Å². The number of amides is 1. The topological polar surface area (TPSA) is 228 Å². The molecule has 0 aromatic rings. The molecule has 79 heavy (non-hydrogen) atoms. The Morgan fingerprint density at radius 1 is 0.456 bits per heavy atom. The predicted octanol–water partition coefficient (Wildman–Crippen LogP) is 12.0. The molecule has 0 spiro atoms. The van der Waals surface area contributed by atoms with Gasteiger partial charge in [0.1, 0.15) is 48.8 Å². The Labute approximate surface area is 480 Å². The minimum absolute atomic E-state index is 0.238. The maximum absolute atomic E-state index is 13.3. The Hall–Kier alpha value is -2.05. The van der Waals surface area contributed by atoms with Crippen molar-refractivity contribution in [1.29, 1.82) is 0 Å². The molecule has 0 aromatic heterocycles. The lowest BCUT2D eigenvalue weighted by atomic mass is 9.97. The Balaban J connectivity index is 1.66. The van der Waals surface area contributed by atoms with Gasteiger partial charge >= 0.3 is 0 Å². The van der Waals surface area contributed by atoms with Crippen molar-refractivity contribution < 1.29 is 64.6 Å². The van der Waals surface area contributed by atoms with Crippen molar-refractivity contribution in [3.63, 3.8) is 0 Å². The van der Waals surface area contributed by atoms with E-state index >= 15 is 0 Å². The average Bonchev–Trinajstić information content (AvgIpc) is 3.55. The largest absolute Gasteiger partial charge is 0.394 e. The third-order valence-electron chi connectivity index (χ3n) is 15.8. The summed E-state index contributed by atoms with van der Waals surface area (Å²) in [5, 5.41) is 87.1. The zero-order valence-corrected chi connectivity index (χ0v) is 49.9. The van der Waals surface area contributed by atoms with E-state index in [4.69, 9.17) is 18.9 Å². The maximum atomic E-state index is 13.3. The summed E-state index contributed by atoms with van der Waals surface area (Å²) in [6, 6.07) is -0.914. The molecular formula is C65H119NO13. The number of ether oxygens (including phenoxy) is 4. The molecule has 2 fully saturated rings. The molecule has 0 bridgehead atoms. The number of allylic oxidation sites excluding steroid dienone is 7. The second-order valence-corrected chi connectivity index (χ2v) is 22.9. The van der Waals surface area contributed by atoms with Crippen LogP contribution in [0.4, 0.5) is 0 Å². The SMILES string of the molecule is CCCCCCC/C=C\C/C=C\C/C=C\CCCCCCCCCCCCCCCCCCC(=O)NC(COC1OC(CO)C(OC2OC(CO)C(O)C(O)C2O)C(O)C1O)C(O)/C=C/CCCCCCCCCCCCCC. The molecule has 14 heteroatoms. The van der Waals surface area contributed by atoms with E-state index in [0.29, 0.717) is 6.42 Å². The molecule has 2 saturated heterocycles. The van der Waals surface area contributed by atoms with Gasteiger partial charge in [-0.2, -0.15) is 0 Å². The van der Waals surface area contributed by atoms with Crippen LogP contribution in [0.2, 0.25) is 0 Å². The Morgan fingerprint density at radius 3 is 1.28 bits per heavy atom. The van der Waals surface area contributed by atoms with Crippen molar-refractivity contribution in [3.8, 4) is 0 Å². The number of hydrogen-bond donors (Lipinski definition) is 9. The zero-order chi connectivity index (χ0) is 57.4. The van der Waals surface area contributed by atoms with E-state index in [0.717, 1.165) is 51.4 Å². The average molecular weight is 1120 g/mol. The standard InChI is InChI=1S/C65H119NO13/c1-3-5-7-9-11-13-15-17-19-20-21-22-23-24-25-26-27-28-29-30-31-32-33-34-35-37-39-41-43-45-47-49-57(70)66-53(54(69)48-46-44-42-40-38-36-18-16-14-12-10-8-6-4-2)52-76-64-62(75)60(73)63(56(51-68)78-64)79-65-61(74)59(72)58(71)55(50-67)77-65/h15,17,20-21,23-24,46,48,53-56,58-65,67-69,71-75H,3-14,16,18-19,22,25-45,47,49-52H2,1-2H3,(H,66,70)/b17-15-,21-20-,24-23-,48-46+. The number of aliphatic hydroxyl groups is 8. The van der Waals surface area contributed by atoms with Gasteiger partial charge in [-0.25, -0.2) is 0 Å². The van der Waals surface area contributed by atoms with Crippen LogP contribution in [0.1, 0.15) is 264 Å². The molecule has 0 saturated carbocycles. The molecule has 14 nitrogen and oxygen atoms in total. The zero-order valence-electron chi connectivity index (χ0n) is 49.9. The smallest absolute Gasteiger partial charge is 0.220 e. The van der Waals surface area contributed by atoms with Crippen molar-refractivity contribution in [2.45, 2.75) is 338 Å². The molecule has 0 aliphatic carbocycles. The van der Waals surface area contributed by atoms with Gasteiger partial charge in [0, 0.05) is 6.42 Å². The summed E-state index contributed by atoms with van der Waals surface area (Å²) in [7, 11) is 0. The number of unbranched alkanes of at least 4 members (excludes halogenated alkanes) is 33. The first-order valence-electron chi connectivity index (χ1n) is 32.4. The van der Waals surface area contributed by atoms with Gasteiger partial charge < -0.3 is 65.1 Å². The van der Waals surface area contributed by atoms with E-state index in [1.165, 1.54) is 186 Å². The fourth-order valence-electron chi connectivity index (χ4n) is 10.5. The van der Waals surface area contributed by atoms with Gasteiger partial charge in [0.05, 0.1) is 32.0 Å². The van der Waals surface area contributed by atoms with Gasteiger partial charge in [-0.1, -0.05) is 249 Å². The molecule has 462 valence electrons. The quantitative estimate of drug-likeness (QED) is 0.0204. The molecule has 2 rings (SSSR count). The van der Waals surface area contributed by atoms with Crippen LogP contribution in [0.25, 0.3) is 0 Å². The molecule has 0 radical (unpaired) electrons. The van der Waals surface area contributed by atoms with Crippen molar-refractivity contribution in [2.24, 2.45) is 0 Å². The fraction of sp³-hybridized carbons (Fsp3) is 0.862. The van der Waals surface area contributed by atoms with Crippen LogP contribution < -0.4 is 5.32 Å². The molecule has 2 aliphatic rings. The number of hydrogen-bond acceptors (Lipinski definition) is 13. The molecule has 2 aliphatic heterocycles. The summed E-state index contributed by atoms with van der Waals surface area (Å²) >= 11 is 0. The fourth-order valence-corrected chi connectivity index (χ4v) is 10.5. The second kappa shape index (κ2) is 50.5. The lowest BCUT2D eigenvalue weighted by Gasteiger charge is -2.46. The lowest BCUT2D eigenvalue weighted by Crippen LogP contribution is -2.65. The first-order valence-corrected chi connectivity index (χ1v) is 32.4. The van der Waals surface area contributed by atoms with Crippen molar-refractivity contribution in [2.75, 3.05) is 19.8 Å². The highest BCUT2D eigenvalue weighted by Crippen LogP contribution is 2.30. The summed E-state index contributed by atoms with van der Waals surface area (Å²) in [4.78, 5) is 13.3. The highest BCUT2D eigenvalue weighted by molar-refractivity contribution is 5.76. The summed E-state index contributed by atoms with van der Waals surface area (Å²) in [6.07, 6.45) is 47.3. The summed E-state index contributed by atoms with van der Waals surface area (Å²) in [5.74, 6) is -0.238. The number of carbonyl (C=O) groups is 1. The second-order valence-electron chi connectivity index (χ2n) is 22.9. The minimum atomic E-state index is -1.79. The number of nitrogens with one attached hydrogen (secondary N) is 1. The molecule has 12 atom stereocenters. The van der Waals surface area contributed by atoms with Crippen LogP contribution in [-0.4, -0.2) is 140 Å². The Bertz CT molecular complexity index is 1510. The number of aliphatic hydroxyl groups excluding tert-OH is 8. The highest BCUT2D eigenvalue weighted by atomic mass is 16.7. The van der Waals surface area contributed by atoms with Crippen LogP contribution >= 0.6 is 0 Å². The van der Waals surface area contributed by atoms with Gasteiger partial charge in [0.15, 0.2) is 12.6 Å².